The molecule has 53 heavy (non-hydrogen) atoms. The maximum Gasteiger partial charge on any atom is 0.306 e. The predicted molar refractivity (Wildman–Crippen MR) is 217 cm³/mol. The summed E-state index contributed by atoms with van der Waals surface area (Å²) in [7, 11) is 5.35. The number of quaternary nitrogens is 1. The number of esters is 2. The van der Waals surface area contributed by atoms with Gasteiger partial charge in [-0.3, -0.25) is 9.59 Å². The third-order valence-corrected chi connectivity index (χ3v) is 7.82. The summed E-state index contributed by atoms with van der Waals surface area (Å²) in [6, 6.07) is -0.746. The molecule has 0 spiro atoms. The molecule has 0 amide bonds. The summed E-state index contributed by atoms with van der Waals surface area (Å²) in [4.78, 5) is 36.7. The van der Waals surface area contributed by atoms with Crippen molar-refractivity contribution in [1.82, 2.24) is 0 Å². The monoisotopic (exact) mass is 736 g/mol. The number of unbranched alkanes of at least 4 members (excludes halogenated alkanes) is 5. The number of carbonyl (C=O) groups is 3. The molecule has 296 valence electrons. The molecule has 0 bridgehead atoms. The van der Waals surface area contributed by atoms with Crippen LogP contribution in [0.4, 0.5) is 0 Å². The van der Waals surface area contributed by atoms with Crippen molar-refractivity contribution in [3.05, 3.63) is 109 Å². The van der Waals surface area contributed by atoms with Crippen molar-refractivity contribution in [2.45, 2.75) is 116 Å². The van der Waals surface area contributed by atoms with E-state index in [9.17, 15) is 19.5 Å². The molecule has 0 N–H and O–H groups in total. The summed E-state index contributed by atoms with van der Waals surface area (Å²) in [6.45, 7) is 4.26. The number of hydrogen-bond donors (Lipinski definition) is 0. The lowest BCUT2D eigenvalue weighted by atomic mass is 10.1. The number of allylic oxidation sites excluding steroid dienone is 18. The molecule has 0 aliphatic carbocycles. The van der Waals surface area contributed by atoms with Gasteiger partial charge in [-0.1, -0.05) is 130 Å². The highest BCUT2D eigenvalue weighted by molar-refractivity contribution is 5.70. The Bertz CT molecular complexity index is 1230. The Morgan fingerprint density at radius 1 is 0.585 bits per heavy atom. The fourth-order valence-electron chi connectivity index (χ4n) is 4.82. The van der Waals surface area contributed by atoms with Gasteiger partial charge in [-0.25, -0.2) is 0 Å². The SMILES string of the molecule is CC/C=C/C=C/C=C/C=C/C=C/C=C/CCCCCC(=O)OCC(COCCC(C(=O)[O-])[N+](C)(C)C)OC(=O)CCCC/C=C/C/C=C/C/C=C/CC. The van der Waals surface area contributed by atoms with Gasteiger partial charge >= 0.3 is 11.9 Å². The maximum absolute atomic E-state index is 12.6. The van der Waals surface area contributed by atoms with Crippen molar-refractivity contribution in [3.8, 4) is 0 Å². The number of hydrogen-bond acceptors (Lipinski definition) is 7. The van der Waals surface area contributed by atoms with Crippen LogP contribution in [0.15, 0.2) is 109 Å². The van der Waals surface area contributed by atoms with E-state index in [1.54, 1.807) is 21.1 Å². The zero-order valence-corrected chi connectivity index (χ0v) is 33.4. The Morgan fingerprint density at radius 3 is 1.70 bits per heavy atom. The fraction of sp³-hybridized carbons (Fsp3) is 0.533. The zero-order valence-electron chi connectivity index (χ0n) is 33.4. The van der Waals surface area contributed by atoms with Gasteiger partial charge in [-0.05, 0) is 64.2 Å². The van der Waals surface area contributed by atoms with Gasteiger partial charge in [0.1, 0.15) is 12.6 Å². The lowest BCUT2D eigenvalue weighted by molar-refractivity contribution is -0.889. The molecule has 2 atom stereocenters. The summed E-state index contributed by atoms with van der Waals surface area (Å²) < 4.78 is 17.0. The van der Waals surface area contributed by atoms with Gasteiger partial charge in [0.15, 0.2) is 6.10 Å². The average molecular weight is 736 g/mol. The fourth-order valence-corrected chi connectivity index (χ4v) is 4.82. The van der Waals surface area contributed by atoms with E-state index in [2.05, 4.69) is 62.5 Å². The largest absolute Gasteiger partial charge is 0.544 e. The van der Waals surface area contributed by atoms with E-state index in [0.717, 1.165) is 57.8 Å². The van der Waals surface area contributed by atoms with Crippen LogP contribution in [0.2, 0.25) is 0 Å². The Morgan fingerprint density at radius 2 is 1.09 bits per heavy atom. The second kappa shape index (κ2) is 35.0. The molecule has 0 aliphatic rings. The minimum atomic E-state index is -1.15. The van der Waals surface area contributed by atoms with E-state index in [1.165, 1.54) is 0 Å². The molecule has 0 aromatic carbocycles. The standard InChI is InChI=1S/C45H69NO7/c1-6-8-10-12-14-16-18-20-21-22-23-24-26-27-29-31-33-35-43(47)52-40-41(39-51-38-37-42(45(49)50)46(3,4)5)53-44(48)36-34-32-30-28-25-19-17-15-13-11-9-7-2/h8-12,14-18,20-26,28,41-42H,6-7,13,19,27,29-40H2,1-5H3/b10-8+,11-9+,14-12+,17-15+,18-16+,21-20+,23-22+,26-24+,28-25+. The van der Waals surface area contributed by atoms with Crippen LogP contribution in [-0.4, -0.2) is 75.5 Å². The van der Waals surface area contributed by atoms with Crippen molar-refractivity contribution < 1.29 is 38.2 Å². The normalized spacial score (nSPS) is 14.2. The van der Waals surface area contributed by atoms with E-state index in [0.29, 0.717) is 12.8 Å². The lowest BCUT2D eigenvalue weighted by Crippen LogP contribution is -2.55. The second-order valence-corrected chi connectivity index (χ2v) is 13.6. The molecule has 8 nitrogen and oxygen atoms in total. The number of likely N-dealkylation sites (N-methyl/N-ethyl adjacent to an activating group) is 1. The van der Waals surface area contributed by atoms with Gasteiger partial charge in [0.25, 0.3) is 0 Å². The van der Waals surface area contributed by atoms with E-state index < -0.39 is 18.1 Å². The highest BCUT2D eigenvalue weighted by Gasteiger charge is 2.25. The summed E-state index contributed by atoms with van der Waals surface area (Å²) in [5, 5.41) is 11.6. The first-order chi connectivity index (χ1) is 25.6. The topological polar surface area (TPSA) is 102 Å². The number of carbonyl (C=O) groups excluding carboxylic acids is 3. The van der Waals surface area contributed by atoms with Gasteiger partial charge < -0.3 is 28.6 Å². The van der Waals surface area contributed by atoms with Crippen molar-refractivity contribution in [2.24, 2.45) is 0 Å². The number of nitrogens with zero attached hydrogens (tertiary/aromatic N) is 1. The van der Waals surface area contributed by atoms with Crippen molar-refractivity contribution >= 4 is 17.9 Å². The molecule has 0 radical (unpaired) electrons. The minimum absolute atomic E-state index is 0.00196. The molecule has 0 aliphatic heterocycles. The molecule has 0 saturated carbocycles. The molecule has 2 unspecified atom stereocenters. The third-order valence-electron chi connectivity index (χ3n) is 7.82. The summed E-state index contributed by atoms with van der Waals surface area (Å²) in [5.74, 6) is -1.87. The Labute approximate surface area is 321 Å². The van der Waals surface area contributed by atoms with Crippen molar-refractivity contribution in [2.75, 3.05) is 41.0 Å². The first-order valence-corrected chi connectivity index (χ1v) is 19.5. The molecule has 8 heteroatoms. The lowest BCUT2D eigenvalue weighted by Gasteiger charge is -2.34. The van der Waals surface area contributed by atoms with Gasteiger partial charge in [0.2, 0.25) is 0 Å². The van der Waals surface area contributed by atoms with Gasteiger partial charge in [0, 0.05) is 19.3 Å². The van der Waals surface area contributed by atoms with Gasteiger partial charge in [-0.15, -0.1) is 0 Å². The third kappa shape index (κ3) is 33.6. The smallest absolute Gasteiger partial charge is 0.306 e. The number of aliphatic carboxylic acids is 1. The number of carboxylic acid groups (broad SMARTS) is 1. The van der Waals surface area contributed by atoms with Gasteiger partial charge in [-0.2, -0.15) is 0 Å². The quantitative estimate of drug-likeness (QED) is 0.0224. The Hall–Kier alpha value is -4.01. The molecule has 0 rings (SSSR count). The summed E-state index contributed by atoms with van der Waals surface area (Å²) >= 11 is 0. The minimum Gasteiger partial charge on any atom is -0.544 e. The highest BCUT2D eigenvalue weighted by atomic mass is 16.6. The summed E-state index contributed by atoms with van der Waals surface area (Å²) in [6.07, 6.45) is 46.9. The van der Waals surface area contributed by atoms with Crippen molar-refractivity contribution in [1.29, 1.82) is 0 Å². The van der Waals surface area contributed by atoms with E-state index in [-0.39, 0.29) is 55.5 Å². The molecule has 0 fully saturated rings. The number of carboxylic acids is 1. The van der Waals surface area contributed by atoms with Crippen LogP contribution in [0, 0.1) is 0 Å². The van der Waals surface area contributed by atoms with Gasteiger partial charge in [0.05, 0.1) is 40.3 Å². The van der Waals surface area contributed by atoms with Crippen LogP contribution in [0.1, 0.15) is 104 Å². The average Bonchev–Trinajstić information content (AvgIpc) is 3.11. The van der Waals surface area contributed by atoms with Crippen LogP contribution in [0.3, 0.4) is 0 Å². The van der Waals surface area contributed by atoms with Crippen LogP contribution in [0.25, 0.3) is 0 Å². The first-order valence-electron chi connectivity index (χ1n) is 19.5. The predicted octanol–water partition coefficient (Wildman–Crippen LogP) is 8.79. The van der Waals surface area contributed by atoms with Crippen molar-refractivity contribution in [3.63, 3.8) is 0 Å². The number of ether oxygens (including phenoxy) is 3. The highest BCUT2D eigenvalue weighted by Crippen LogP contribution is 2.10. The summed E-state index contributed by atoms with van der Waals surface area (Å²) in [5.41, 5.74) is 0. The maximum atomic E-state index is 12.6. The van der Waals surface area contributed by atoms with E-state index in [1.807, 2.05) is 60.8 Å². The zero-order chi connectivity index (χ0) is 39.3. The van der Waals surface area contributed by atoms with Crippen LogP contribution >= 0.6 is 0 Å². The number of rotatable bonds is 32. The van der Waals surface area contributed by atoms with Crippen LogP contribution in [0.5, 0.6) is 0 Å². The Kier molecular flexibility index (Phi) is 32.4. The molecular weight excluding hydrogens is 666 g/mol. The second-order valence-electron chi connectivity index (χ2n) is 13.6. The first kappa shape index (κ1) is 49.0. The van der Waals surface area contributed by atoms with E-state index in [4.69, 9.17) is 14.2 Å². The molecule has 0 saturated heterocycles. The molecule has 0 heterocycles. The van der Waals surface area contributed by atoms with Crippen LogP contribution in [-0.2, 0) is 28.6 Å². The van der Waals surface area contributed by atoms with E-state index >= 15 is 0 Å². The van der Waals surface area contributed by atoms with Crippen LogP contribution < -0.4 is 5.11 Å². The Balaban J connectivity index is 4.59. The molecule has 0 aromatic heterocycles. The molecular formula is C45H69NO7. The molecule has 0 aromatic rings.